The predicted octanol–water partition coefficient (Wildman–Crippen LogP) is 9.17. The van der Waals surface area contributed by atoms with Crippen molar-refractivity contribution in [3.63, 3.8) is 0 Å². The number of aromatic nitrogens is 5. The maximum absolute atomic E-state index is 14.1. The van der Waals surface area contributed by atoms with Crippen molar-refractivity contribution in [1.82, 2.24) is 34.1 Å². The minimum Gasteiger partial charge on any atom is -0.508 e. The van der Waals surface area contributed by atoms with Crippen molar-refractivity contribution in [3.05, 3.63) is 119 Å². The number of phenolic OH excluding ortho intramolecular Hbond substituents is 3. The summed E-state index contributed by atoms with van der Waals surface area (Å²) in [6.45, 7) is 16.6. The van der Waals surface area contributed by atoms with Gasteiger partial charge in [-0.1, -0.05) is 34.3 Å². The number of aromatic hydroxyl groups is 3. The lowest BCUT2D eigenvalue weighted by molar-refractivity contribution is -0.164. The average Bonchev–Trinajstić information content (AvgIpc) is 4.00. The molecule has 3 N–H and O–H groups in total. The number of cyclic esters (lactones) is 1. The van der Waals surface area contributed by atoms with Gasteiger partial charge in [0.1, 0.15) is 29.7 Å². The summed E-state index contributed by atoms with van der Waals surface area (Å²) in [5.41, 5.74) is 8.07. The van der Waals surface area contributed by atoms with Crippen molar-refractivity contribution in [1.29, 1.82) is 0 Å². The van der Waals surface area contributed by atoms with E-state index in [4.69, 9.17) is 14.5 Å². The molecule has 14 nitrogen and oxygen atoms in total. The van der Waals surface area contributed by atoms with Gasteiger partial charge in [0.25, 0.3) is 0 Å². The van der Waals surface area contributed by atoms with Crippen molar-refractivity contribution in [2.45, 2.75) is 91.3 Å². The van der Waals surface area contributed by atoms with Gasteiger partial charge in [0.2, 0.25) is 5.60 Å². The second-order valence-corrected chi connectivity index (χ2v) is 18.0. The number of pyridine rings is 1. The molecule has 0 radical (unpaired) electrons. The van der Waals surface area contributed by atoms with Crippen LogP contribution in [-0.2, 0) is 33.8 Å². The molecule has 65 heavy (non-hydrogen) atoms. The SMILES string of the molecule is C=C1C2=C(C=C3c4nc5ccc(O)cc5c(CC)c4CN13)[C@](CC)(OC(=O)N1CCC(CCn3ccc4cc(-n5c(C)nnc5-c5cc(C(C)C)c(O)cc5O)ccc43)CC1)C(=O)OC2. The Morgan fingerprint density at radius 3 is 2.57 bits per heavy atom. The van der Waals surface area contributed by atoms with E-state index in [1.165, 1.54) is 6.07 Å². The molecule has 1 amide bonds. The molecule has 4 aliphatic heterocycles. The van der Waals surface area contributed by atoms with Crippen LogP contribution in [0.2, 0.25) is 0 Å². The van der Waals surface area contributed by atoms with Crippen LogP contribution in [0.1, 0.15) is 87.5 Å². The number of hydrogen-bond donors (Lipinski definition) is 3. The summed E-state index contributed by atoms with van der Waals surface area (Å²) in [6.07, 6.45) is 6.98. The summed E-state index contributed by atoms with van der Waals surface area (Å²) >= 11 is 0. The van der Waals surface area contributed by atoms with Gasteiger partial charge in [-0.05, 0) is 117 Å². The van der Waals surface area contributed by atoms with Gasteiger partial charge in [-0.3, -0.25) is 4.57 Å². The van der Waals surface area contributed by atoms with Crippen LogP contribution in [0.15, 0.2) is 90.3 Å². The van der Waals surface area contributed by atoms with Crippen molar-refractivity contribution >= 4 is 39.6 Å². The largest absolute Gasteiger partial charge is 0.508 e. The summed E-state index contributed by atoms with van der Waals surface area (Å²) in [5, 5.41) is 42.3. The van der Waals surface area contributed by atoms with Crippen LogP contribution in [0.3, 0.4) is 0 Å². The number of phenols is 3. The van der Waals surface area contributed by atoms with Crippen LogP contribution in [0.25, 0.3) is 44.6 Å². The Labute approximate surface area is 376 Å². The fraction of sp³-hybridized carbons (Fsp3) is 0.353. The predicted molar refractivity (Wildman–Crippen MR) is 246 cm³/mol. The number of hydrogen-bond acceptors (Lipinski definition) is 11. The van der Waals surface area contributed by atoms with Gasteiger partial charge in [-0.15, -0.1) is 10.2 Å². The summed E-state index contributed by atoms with van der Waals surface area (Å²) < 4.78 is 16.3. The second-order valence-electron chi connectivity index (χ2n) is 18.0. The van der Waals surface area contributed by atoms with Crippen molar-refractivity contribution in [2.75, 3.05) is 19.7 Å². The van der Waals surface area contributed by atoms with E-state index in [9.17, 15) is 24.9 Å². The summed E-state index contributed by atoms with van der Waals surface area (Å²) in [4.78, 5) is 36.8. The number of rotatable bonds is 9. The lowest BCUT2D eigenvalue weighted by Gasteiger charge is -2.42. The lowest BCUT2D eigenvalue weighted by Crippen LogP contribution is -2.53. The minimum atomic E-state index is -1.64. The number of amides is 1. The molecule has 1 fully saturated rings. The standard InChI is InChI=1S/C51H53N7O7/c1-7-35-37-22-34(59)10-11-42(37)52-47-39(35)26-57-29(5)40-27-64-49(62)51(8-2,41(40)24-44(47)57)65-50(63)56-18-14-31(15-19-56)13-17-55-20-16-32-21-33(9-12-43(32)55)58-30(6)53-54-48(58)38-23-36(28(3)4)45(60)25-46(38)61/h9-12,16,20-25,28,31,59-61H,5,7-8,13-15,17-19,26-27H2,1-4,6H3/t51-/m0/s1. The first kappa shape index (κ1) is 41.9. The first-order valence-corrected chi connectivity index (χ1v) is 22.6. The lowest BCUT2D eigenvalue weighted by atomic mass is 9.81. The molecule has 10 rings (SSSR count). The van der Waals surface area contributed by atoms with Crippen LogP contribution in [0, 0.1) is 12.8 Å². The molecule has 334 valence electrons. The first-order valence-electron chi connectivity index (χ1n) is 22.6. The van der Waals surface area contributed by atoms with Crippen LogP contribution in [0.5, 0.6) is 17.2 Å². The molecule has 0 bridgehead atoms. The topological polar surface area (TPSA) is 168 Å². The zero-order chi connectivity index (χ0) is 45.5. The maximum Gasteiger partial charge on any atom is 0.411 e. The normalized spacial score (nSPS) is 18.6. The van der Waals surface area contributed by atoms with E-state index >= 15 is 0 Å². The van der Waals surface area contributed by atoms with Gasteiger partial charge in [-0.25, -0.2) is 14.6 Å². The number of carbonyl (C=O) groups is 2. The molecule has 0 unspecified atom stereocenters. The molecule has 4 aliphatic rings. The molecular weight excluding hydrogens is 823 g/mol. The summed E-state index contributed by atoms with van der Waals surface area (Å²) in [7, 11) is 0. The molecule has 3 aromatic carbocycles. The average molecular weight is 876 g/mol. The number of fused-ring (bicyclic) bond motifs is 5. The van der Waals surface area contributed by atoms with E-state index in [1.807, 2.05) is 50.5 Å². The fourth-order valence-electron chi connectivity index (χ4n) is 10.4. The van der Waals surface area contributed by atoms with E-state index in [1.54, 1.807) is 23.1 Å². The van der Waals surface area contributed by atoms with Crippen LogP contribution in [0.4, 0.5) is 4.79 Å². The monoisotopic (exact) mass is 875 g/mol. The number of likely N-dealkylation sites (tertiary alicyclic amines) is 1. The number of nitrogens with zero attached hydrogens (tertiary/aromatic N) is 7. The molecule has 3 aromatic heterocycles. The zero-order valence-corrected chi connectivity index (χ0v) is 37.4. The highest BCUT2D eigenvalue weighted by Crippen LogP contribution is 2.49. The Hall–Kier alpha value is -7.09. The molecule has 6 aromatic rings. The number of aryl methyl sites for hydroxylation is 3. The Bertz CT molecular complexity index is 3040. The van der Waals surface area contributed by atoms with Crippen LogP contribution < -0.4 is 0 Å². The van der Waals surface area contributed by atoms with Crippen LogP contribution in [-0.4, -0.2) is 86.8 Å². The number of benzene rings is 3. The summed E-state index contributed by atoms with van der Waals surface area (Å²) in [6, 6.07) is 16.7. The van der Waals surface area contributed by atoms with E-state index in [2.05, 4.69) is 57.6 Å². The minimum absolute atomic E-state index is 0.0322. The van der Waals surface area contributed by atoms with E-state index in [-0.39, 0.29) is 36.2 Å². The molecule has 1 saturated heterocycles. The van der Waals surface area contributed by atoms with Gasteiger partial charge in [-0.2, -0.15) is 0 Å². The van der Waals surface area contributed by atoms with Gasteiger partial charge in [0, 0.05) is 76.3 Å². The first-order chi connectivity index (χ1) is 31.3. The highest BCUT2D eigenvalue weighted by molar-refractivity contribution is 5.94. The van der Waals surface area contributed by atoms with E-state index < -0.39 is 17.7 Å². The smallest absolute Gasteiger partial charge is 0.411 e. The molecule has 0 aliphatic carbocycles. The number of piperidine rings is 1. The van der Waals surface area contributed by atoms with Gasteiger partial charge in [0.15, 0.2) is 5.82 Å². The molecular formula is C51H53N7O7. The zero-order valence-electron chi connectivity index (χ0n) is 37.4. The quantitative estimate of drug-likeness (QED) is 0.119. The third kappa shape index (κ3) is 6.79. The molecule has 14 heteroatoms. The second kappa shape index (κ2) is 15.9. The Kier molecular flexibility index (Phi) is 10.2. The molecule has 7 heterocycles. The maximum atomic E-state index is 14.1. The van der Waals surface area contributed by atoms with Crippen molar-refractivity contribution < 1.29 is 34.4 Å². The van der Waals surface area contributed by atoms with Gasteiger partial charge < -0.3 is 39.2 Å². The molecule has 0 saturated carbocycles. The van der Waals surface area contributed by atoms with Crippen LogP contribution >= 0.6 is 0 Å². The summed E-state index contributed by atoms with van der Waals surface area (Å²) in [5.74, 6) is 1.18. The highest BCUT2D eigenvalue weighted by Gasteiger charge is 2.53. The number of ether oxygens (including phenoxy) is 2. The Morgan fingerprint density at radius 1 is 1.02 bits per heavy atom. The number of carbonyl (C=O) groups excluding carboxylic acids is 2. The van der Waals surface area contributed by atoms with Crippen molar-refractivity contribution in [3.8, 4) is 34.3 Å². The number of esters is 1. The Morgan fingerprint density at radius 2 is 1.82 bits per heavy atom. The third-order valence-corrected chi connectivity index (χ3v) is 14.0. The Balaban J connectivity index is 0.824. The molecule has 1 atom stereocenters. The van der Waals surface area contributed by atoms with Gasteiger partial charge >= 0.3 is 12.1 Å². The molecule has 0 spiro atoms. The van der Waals surface area contributed by atoms with E-state index in [0.717, 1.165) is 93.4 Å². The highest BCUT2D eigenvalue weighted by atomic mass is 16.6. The fourth-order valence-corrected chi connectivity index (χ4v) is 10.4. The van der Waals surface area contributed by atoms with Gasteiger partial charge in [0.05, 0.1) is 29.0 Å². The van der Waals surface area contributed by atoms with Crippen molar-refractivity contribution in [2.24, 2.45) is 5.92 Å². The van der Waals surface area contributed by atoms with E-state index in [0.29, 0.717) is 54.0 Å². The third-order valence-electron chi connectivity index (χ3n) is 14.0.